The molecule has 1 aromatic heterocycles. The summed E-state index contributed by atoms with van der Waals surface area (Å²) in [5, 5.41) is 9.01. The van der Waals surface area contributed by atoms with Gasteiger partial charge < -0.3 is 5.11 Å². The molecule has 0 bridgehead atoms. The first-order valence-corrected chi connectivity index (χ1v) is 8.61. The van der Waals surface area contributed by atoms with Crippen molar-refractivity contribution < 1.29 is 14.5 Å². The lowest BCUT2D eigenvalue weighted by Gasteiger charge is -2.06. The molecule has 0 unspecified atom stereocenters. The van der Waals surface area contributed by atoms with Crippen molar-refractivity contribution in [3.8, 4) is 0 Å². The molecular weight excluding hydrogens is 312 g/mol. The minimum atomic E-state index is -0.889. The Morgan fingerprint density at radius 1 is 1.04 bits per heavy atom. The maximum absolute atomic E-state index is 11.0. The second-order valence-electron chi connectivity index (χ2n) is 6.21. The molecule has 2 aromatic carbocycles. The zero-order chi connectivity index (χ0) is 17.6. The average Bonchev–Trinajstić information content (AvgIpc) is 2.98. The molecule has 1 N–H and O–H groups in total. The Morgan fingerprint density at radius 2 is 1.76 bits per heavy atom. The van der Waals surface area contributed by atoms with E-state index < -0.39 is 5.97 Å². The molecule has 3 aromatic rings. The Bertz CT molecular complexity index is 836. The Kier molecular flexibility index (Phi) is 5.29. The van der Waals surface area contributed by atoms with E-state index in [2.05, 4.69) is 52.7 Å². The van der Waals surface area contributed by atoms with Gasteiger partial charge in [0.15, 0.2) is 0 Å². The predicted molar refractivity (Wildman–Crippen MR) is 96.7 cm³/mol. The fourth-order valence-electron chi connectivity index (χ4n) is 3.03. The maximum Gasteiger partial charge on any atom is 0.335 e. The molecule has 0 amide bonds. The van der Waals surface area contributed by atoms with Crippen LogP contribution in [0.25, 0.3) is 0 Å². The Morgan fingerprint density at radius 3 is 2.40 bits per heavy atom. The third kappa shape index (κ3) is 4.15. The summed E-state index contributed by atoms with van der Waals surface area (Å²) < 4.78 is 4.55. The number of hydrogen-bond acceptors (Lipinski definition) is 1. The summed E-state index contributed by atoms with van der Waals surface area (Å²) in [7, 11) is 0. The fourth-order valence-corrected chi connectivity index (χ4v) is 3.03. The predicted octanol–water partition coefficient (Wildman–Crippen LogP) is 3.52. The highest BCUT2D eigenvalue weighted by Gasteiger charge is 2.17. The molecule has 3 rings (SSSR count). The molecule has 0 aliphatic carbocycles. The van der Waals surface area contributed by atoms with Crippen LogP contribution in [-0.4, -0.2) is 15.6 Å². The summed E-state index contributed by atoms with van der Waals surface area (Å²) in [4.78, 5) is 11.0. The lowest BCUT2D eigenvalue weighted by atomic mass is 10.1. The molecule has 4 heteroatoms. The van der Waals surface area contributed by atoms with E-state index in [-0.39, 0.29) is 0 Å². The zero-order valence-corrected chi connectivity index (χ0v) is 14.4. The Hall–Kier alpha value is -2.88. The van der Waals surface area contributed by atoms with Crippen molar-refractivity contribution in [3.63, 3.8) is 0 Å². The van der Waals surface area contributed by atoms with Gasteiger partial charge in [-0.15, -0.1) is 0 Å². The molecule has 4 nitrogen and oxygen atoms in total. The summed E-state index contributed by atoms with van der Waals surface area (Å²) in [6.45, 7) is 3.80. The monoisotopic (exact) mass is 335 g/mol. The zero-order valence-electron chi connectivity index (χ0n) is 14.4. The molecule has 25 heavy (non-hydrogen) atoms. The number of imidazole rings is 1. The van der Waals surface area contributed by atoms with Gasteiger partial charge >= 0.3 is 5.97 Å². The average molecular weight is 335 g/mol. The first kappa shape index (κ1) is 17.0. The number of carboxylic acid groups (broad SMARTS) is 1. The highest BCUT2D eigenvalue weighted by molar-refractivity contribution is 5.87. The van der Waals surface area contributed by atoms with E-state index in [1.807, 2.05) is 18.2 Å². The Balaban J connectivity index is 1.82. The summed E-state index contributed by atoms with van der Waals surface area (Å²) in [5.74, 6) is 0.397. The van der Waals surface area contributed by atoms with Crippen molar-refractivity contribution in [2.75, 3.05) is 0 Å². The van der Waals surface area contributed by atoms with Crippen molar-refractivity contribution in [2.24, 2.45) is 0 Å². The third-order valence-electron chi connectivity index (χ3n) is 4.31. The molecule has 0 atom stereocenters. The van der Waals surface area contributed by atoms with Crippen molar-refractivity contribution in [1.29, 1.82) is 0 Å². The number of rotatable bonds is 7. The van der Waals surface area contributed by atoms with E-state index >= 15 is 0 Å². The van der Waals surface area contributed by atoms with Gasteiger partial charge in [-0.1, -0.05) is 49.4 Å². The largest absolute Gasteiger partial charge is 0.478 e. The van der Waals surface area contributed by atoms with Gasteiger partial charge in [-0.05, 0) is 29.7 Å². The summed E-state index contributed by atoms with van der Waals surface area (Å²) >= 11 is 0. The molecule has 128 valence electrons. The molecule has 0 radical (unpaired) electrons. The molecule has 0 fully saturated rings. The van der Waals surface area contributed by atoms with Crippen LogP contribution in [-0.2, 0) is 19.5 Å². The topological polar surface area (TPSA) is 46.1 Å². The number of benzene rings is 2. The van der Waals surface area contributed by atoms with Crippen LogP contribution in [0.3, 0.4) is 0 Å². The van der Waals surface area contributed by atoms with E-state index in [0.717, 1.165) is 31.5 Å². The normalized spacial score (nSPS) is 10.8. The number of aromatic carboxylic acids is 1. The minimum absolute atomic E-state index is 0.323. The smallest absolute Gasteiger partial charge is 0.335 e. The van der Waals surface area contributed by atoms with E-state index in [1.165, 1.54) is 11.4 Å². The van der Waals surface area contributed by atoms with Gasteiger partial charge in [0.2, 0.25) is 0 Å². The van der Waals surface area contributed by atoms with Crippen LogP contribution < -0.4 is 4.57 Å². The molecule has 0 aliphatic heterocycles. The molecule has 0 saturated heterocycles. The first-order chi connectivity index (χ1) is 12.2. The van der Waals surface area contributed by atoms with Crippen LogP contribution in [0.5, 0.6) is 0 Å². The van der Waals surface area contributed by atoms with Gasteiger partial charge in [0.05, 0.1) is 5.56 Å². The molecule has 0 saturated carbocycles. The van der Waals surface area contributed by atoms with Gasteiger partial charge in [0, 0.05) is 6.42 Å². The summed E-state index contributed by atoms with van der Waals surface area (Å²) in [6, 6.07) is 17.6. The number of carbonyl (C=O) groups is 1. The van der Waals surface area contributed by atoms with Crippen LogP contribution in [0.4, 0.5) is 0 Å². The second kappa shape index (κ2) is 7.79. The Labute approximate surface area is 148 Å². The van der Waals surface area contributed by atoms with Crippen molar-refractivity contribution >= 4 is 5.97 Å². The van der Waals surface area contributed by atoms with Crippen LogP contribution in [0, 0.1) is 0 Å². The SMILES string of the molecule is CCCc1n(Cc2ccc(C(=O)O)cc2)cc[n+]1Cc1ccccc1. The lowest BCUT2D eigenvalue weighted by molar-refractivity contribution is -0.695. The summed E-state index contributed by atoms with van der Waals surface area (Å²) in [6.07, 6.45) is 6.33. The number of aromatic nitrogens is 2. The third-order valence-corrected chi connectivity index (χ3v) is 4.31. The van der Waals surface area contributed by atoms with Crippen LogP contribution in [0.2, 0.25) is 0 Å². The standard InChI is InChI=1S/C21H22N2O2/c1-2-6-20-22(15-17-7-4-3-5-8-17)13-14-23(20)16-18-9-11-19(12-10-18)21(24)25/h3-5,7-14H,2,6,15-16H2,1H3/p+1. The molecule has 0 aliphatic rings. The van der Waals surface area contributed by atoms with Crippen molar-refractivity contribution in [3.05, 3.63) is 89.5 Å². The number of carboxylic acids is 1. The molecular formula is C21H23N2O2+. The second-order valence-corrected chi connectivity index (χ2v) is 6.21. The highest BCUT2D eigenvalue weighted by atomic mass is 16.4. The molecule has 1 heterocycles. The number of nitrogens with zero attached hydrogens (tertiary/aromatic N) is 2. The van der Waals surface area contributed by atoms with Gasteiger partial charge in [-0.25, -0.2) is 13.9 Å². The lowest BCUT2D eigenvalue weighted by Crippen LogP contribution is -2.37. The minimum Gasteiger partial charge on any atom is -0.478 e. The van der Waals surface area contributed by atoms with E-state index in [9.17, 15) is 4.79 Å². The van der Waals surface area contributed by atoms with Gasteiger partial charge in [0.1, 0.15) is 25.5 Å². The van der Waals surface area contributed by atoms with Crippen LogP contribution >= 0.6 is 0 Å². The first-order valence-electron chi connectivity index (χ1n) is 8.61. The van der Waals surface area contributed by atoms with Crippen LogP contribution in [0.1, 0.15) is 40.7 Å². The van der Waals surface area contributed by atoms with E-state index in [0.29, 0.717) is 5.56 Å². The maximum atomic E-state index is 11.0. The van der Waals surface area contributed by atoms with E-state index in [1.54, 1.807) is 12.1 Å². The fraction of sp³-hybridized carbons (Fsp3) is 0.238. The van der Waals surface area contributed by atoms with E-state index in [4.69, 9.17) is 5.11 Å². The van der Waals surface area contributed by atoms with Crippen LogP contribution in [0.15, 0.2) is 67.0 Å². The highest BCUT2D eigenvalue weighted by Crippen LogP contribution is 2.10. The molecule has 0 spiro atoms. The van der Waals surface area contributed by atoms with Gasteiger partial charge in [-0.3, -0.25) is 0 Å². The van der Waals surface area contributed by atoms with Gasteiger partial charge in [0.25, 0.3) is 5.82 Å². The number of hydrogen-bond donors (Lipinski definition) is 1. The van der Waals surface area contributed by atoms with Crippen molar-refractivity contribution in [2.45, 2.75) is 32.9 Å². The van der Waals surface area contributed by atoms with Gasteiger partial charge in [-0.2, -0.15) is 0 Å². The van der Waals surface area contributed by atoms with Crippen molar-refractivity contribution in [1.82, 2.24) is 4.57 Å². The quantitative estimate of drug-likeness (QED) is 0.672. The summed E-state index contributed by atoms with van der Waals surface area (Å²) in [5.41, 5.74) is 2.71.